The van der Waals surface area contributed by atoms with Gasteiger partial charge in [0.25, 0.3) is 0 Å². The Hall–Kier alpha value is -0.931. The van der Waals surface area contributed by atoms with Crippen LogP contribution in [0.4, 0.5) is 0 Å². The van der Waals surface area contributed by atoms with Crippen molar-refractivity contribution in [3.8, 4) is 0 Å². The average molecular weight is 575 g/mol. The minimum atomic E-state index is -0.213. The molecule has 0 saturated heterocycles. The van der Waals surface area contributed by atoms with Gasteiger partial charge in [0.1, 0.15) is 0 Å². The summed E-state index contributed by atoms with van der Waals surface area (Å²) in [5.74, 6) is 0. The van der Waals surface area contributed by atoms with Crippen LogP contribution in [0.1, 0.15) is 0 Å². The summed E-state index contributed by atoms with van der Waals surface area (Å²) in [6.07, 6.45) is 2.34. The molecular weight excluding hydrogens is 545 g/mol. The molecule has 4 aromatic carbocycles. The standard InChI is InChI=1S/2C14H14P.ClH.2Fe/c2*1-2-15(13-9-5-3-6-10-13)14-11-7-4-8-12-14;;;/h2*3-12H,1-2H2;1H;;. The summed E-state index contributed by atoms with van der Waals surface area (Å²) in [6.45, 7) is 0. The van der Waals surface area contributed by atoms with E-state index in [2.05, 4.69) is 153 Å². The Morgan fingerprint density at radius 2 is 0.606 bits per heavy atom. The molecule has 0 amide bonds. The van der Waals surface area contributed by atoms with Gasteiger partial charge < -0.3 is 0 Å². The van der Waals surface area contributed by atoms with Gasteiger partial charge in [-0.15, -0.1) is 12.4 Å². The van der Waals surface area contributed by atoms with Gasteiger partial charge in [0.05, 0.1) is 0 Å². The summed E-state index contributed by atoms with van der Waals surface area (Å²) in [6, 6.07) is 43.1. The van der Waals surface area contributed by atoms with E-state index in [0.29, 0.717) is 0 Å². The van der Waals surface area contributed by atoms with Gasteiger partial charge in [-0.25, -0.2) is 0 Å². The number of benzene rings is 4. The van der Waals surface area contributed by atoms with E-state index in [-0.39, 0.29) is 28.3 Å². The van der Waals surface area contributed by atoms with Gasteiger partial charge in [0.2, 0.25) is 0 Å². The number of halogens is 1. The molecule has 0 radical (unpaired) electrons. The van der Waals surface area contributed by atoms with E-state index in [1.54, 1.807) is 0 Å². The molecule has 0 saturated carbocycles. The molecule has 0 N–H and O–H groups in total. The monoisotopic (exact) mass is 574 g/mol. The summed E-state index contributed by atoms with van der Waals surface area (Å²) in [5.41, 5.74) is 0. The Kier molecular flexibility index (Phi) is 14.3. The zero-order valence-corrected chi connectivity index (χ0v) is 23.2. The van der Waals surface area contributed by atoms with Crippen LogP contribution >= 0.6 is 28.3 Å². The van der Waals surface area contributed by atoms with Crippen LogP contribution in [0.3, 0.4) is 0 Å². The molecule has 0 heterocycles. The average Bonchev–Trinajstić information content (AvgIpc) is 2.88. The molecule has 0 aliphatic rings. The Balaban J connectivity index is 0.000000227. The summed E-state index contributed by atoms with van der Waals surface area (Å²) >= 11 is 7.99. The van der Waals surface area contributed by atoms with Gasteiger partial charge in [0, 0.05) is 0 Å². The molecule has 33 heavy (non-hydrogen) atoms. The molecule has 0 fully saturated rings. The summed E-state index contributed by atoms with van der Waals surface area (Å²) in [4.78, 5) is 0. The maximum atomic E-state index is 3.99. The Bertz CT molecular complexity index is 839. The molecule has 4 rings (SSSR count). The van der Waals surface area contributed by atoms with E-state index in [0.717, 1.165) is 10.6 Å². The van der Waals surface area contributed by atoms with Crippen LogP contribution in [-0.4, -0.2) is 12.3 Å². The molecule has 0 aromatic heterocycles. The molecule has 0 aliphatic heterocycles. The molecule has 0 nitrogen and oxygen atoms in total. The van der Waals surface area contributed by atoms with Crippen molar-refractivity contribution in [2.24, 2.45) is 0 Å². The predicted molar refractivity (Wildman–Crippen MR) is 145 cm³/mol. The fourth-order valence-electron chi connectivity index (χ4n) is 3.40. The van der Waals surface area contributed by atoms with Crippen LogP contribution in [0.2, 0.25) is 10.6 Å². The van der Waals surface area contributed by atoms with Crippen molar-refractivity contribution >= 4 is 49.5 Å². The second kappa shape index (κ2) is 16.7. The number of hydrogen-bond acceptors (Lipinski definition) is 0. The quantitative estimate of drug-likeness (QED) is 0.165. The first-order chi connectivity index (χ1) is 15.8. The van der Waals surface area contributed by atoms with Gasteiger partial charge in [0.15, 0.2) is 0 Å². The van der Waals surface area contributed by atoms with Crippen LogP contribution in [0.5, 0.6) is 0 Å². The topological polar surface area (TPSA) is 0 Å². The van der Waals surface area contributed by atoms with Gasteiger partial charge in [-0.2, -0.15) is 0 Å². The van der Waals surface area contributed by atoms with Crippen molar-refractivity contribution in [2.45, 2.75) is 10.6 Å². The van der Waals surface area contributed by atoms with E-state index in [4.69, 9.17) is 0 Å². The number of rotatable bonds is 8. The van der Waals surface area contributed by atoms with Crippen LogP contribution in [0.15, 0.2) is 121 Å². The van der Waals surface area contributed by atoms with Crippen molar-refractivity contribution in [1.82, 2.24) is 0 Å². The third kappa shape index (κ3) is 9.32. The molecule has 0 atom stereocenters. The zero-order valence-electron chi connectivity index (χ0n) is 18.4. The van der Waals surface area contributed by atoms with E-state index >= 15 is 0 Å². The molecule has 4 aromatic rings. The maximum absolute atomic E-state index is 3.99. The Morgan fingerprint density at radius 3 is 0.788 bits per heavy atom. The minimum absolute atomic E-state index is 0. The third-order valence-electron chi connectivity index (χ3n) is 4.88. The van der Waals surface area contributed by atoms with Gasteiger partial charge in [-0.05, 0) is 0 Å². The molecular formula is C28H29ClFe2P2. The van der Waals surface area contributed by atoms with Crippen LogP contribution < -0.4 is 21.2 Å². The molecule has 0 unspecified atom stereocenters. The first kappa shape index (κ1) is 28.3. The molecule has 174 valence electrons. The SMILES string of the molecule is Cl.[Fe][CH2]CP(c1ccccc1)c1ccccc1.[Fe][CH2]CP(c1ccccc1)c1ccccc1. The molecule has 0 spiro atoms. The molecule has 0 bridgehead atoms. The predicted octanol–water partition coefficient (Wildman–Crippen LogP) is 6.59. The second-order valence-electron chi connectivity index (χ2n) is 7.00. The van der Waals surface area contributed by atoms with Crippen molar-refractivity contribution < 1.29 is 32.0 Å². The van der Waals surface area contributed by atoms with Crippen LogP contribution in [0.25, 0.3) is 0 Å². The Morgan fingerprint density at radius 1 is 0.394 bits per heavy atom. The summed E-state index contributed by atoms with van der Waals surface area (Å²) in [5, 5.41) is 7.80. The first-order valence-electron chi connectivity index (χ1n) is 10.7. The summed E-state index contributed by atoms with van der Waals surface area (Å²) < 4.78 is 0. The third-order valence-corrected chi connectivity index (χ3v) is 11.3. The van der Waals surface area contributed by atoms with Crippen molar-refractivity contribution in [1.29, 1.82) is 0 Å². The van der Waals surface area contributed by atoms with Crippen molar-refractivity contribution in [3.05, 3.63) is 121 Å². The van der Waals surface area contributed by atoms with Gasteiger partial charge >= 0.3 is 213 Å². The normalized spacial score (nSPS) is 10.3. The van der Waals surface area contributed by atoms with Crippen molar-refractivity contribution in [3.63, 3.8) is 0 Å². The first-order valence-corrected chi connectivity index (χ1v) is 15.3. The van der Waals surface area contributed by atoms with E-state index in [1.165, 1.54) is 33.5 Å². The van der Waals surface area contributed by atoms with Crippen LogP contribution in [0, 0.1) is 0 Å². The van der Waals surface area contributed by atoms with E-state index in [1.807, 2.05) is 0 Å². The van der Waals surface area contributed by atoms with E-state index < -0.39 is 0 Å². The second-order valence-corrected chi connectivity index (χ2v) is 12.8. The van der Waals surface area contributed by atoms with Gasteiger partial charge in [-0.3, -0.25) is 0 Å². The fourth-order valence-corrected chi connectivity index (χ4v) is 8.96. The fraction of sp³-hybridized carbons (Fsp3) is 0.143. The van der Waals surface area contributed by atoms with E-state index in [9.17, 15) is 0 Å². The zero-order chi connectivity index (χ0) is 22.4. The molecule has 0 aliphatic carbocycles. The summed E-state index contributed by atoms with van der Waals surface area (Å²) in [7, 11) is -0.427. The van der Waals surface area contributed by atoms with Gasteiger partial charge in [-0.1, -0.05) is 0 Å². The van der Waals surface area contributed by atoms with Crippen LogP contribution in [-0.2, 0) is 32.0 Å². The Labute approximate surface area is 224 Å². The number of hydrogen-bond donors (Lipinski definition) is 0. The molecule has 5 heteroatoms. The van der Waals surface area contributed by atoms with Crippen molar-refractivity contribution in [2.75, 3.05) is 12.3 Å².